The van der Waals surface area contributed by atoms with Gasteiger partial charge in [0.15, 0.2) is 5.69 Å². The first-order valence-electron chi connectivity index (χ1n) is 6.54. The molecule has 0 bridgehead atoms. The Kier molecular flexibility index (Phi) is 3.34. The van der Waals surface area contributed by atoms with Crippen LogP contribution in [0.3, 0.4) is 0 Å². The normalized spacial score (nSPS) is 14.2. The Morgan fingerprint density at radius 3 is 2.73 bits per heavy atom. The van der Waals surface area contributed by atoms with Gasteiger partial charge in [0.25, 0.3) is 5.95 Å². The average Bonchev–Trinajstić information content (AvgIpc) is 3.06. The van der Waals surface area contributed by atoms with Crippen molar-refractivity contribution in [3.63, 3.8) is 0 Å². The van der Waals surface area contributed by atoms with E-state index in [9.17, 15) is 18.0 Å². The fourth-order valence-corrected chi connectivity index (χ4v) is 2.50. The van der Waals surface area contributed by atoms with Gasteiger partial charge >= 0.3 is 6.18 Å². The Hall–Kier alpha value is -2.46. The monoisotopic (exact) mass is 315 g/mol. The zero-order chi connectivity index (χ0) is 15.9. The maximum absolute atomic E-state index is 12.9. The lowest BCUT2D eigenvalue weighted by Gasteiger charge is -2.05. The van der Waals surface area contributed by atoms with Crippen LogP contribution in [-0.4, -0.2) is 35.9 Å². The van der Waals surface area contributed by atoms with Gasteiger partial charge in [-0.1, -0.05) is 5.10 Å². The summed E-state index contributed by atoms with van der Waals surface area (Å²) in [5.74, 6) is -0.564. The van der Waals surface area contributed by atoms with Crippen LogP contribution in [0.5, 0.6) is 0 Å². The second kappa shape index (κ2) is 5.07. The van der Waals surface area contributed by atoms with Crippen molar-refractivity contribution in [2.24, 2.45) is 7.05 Å². The van der Waals surface area contributed by atoms with Crippen molar-refractivity contribution in [1.29, 1.82) is 0 Å². The van der Waals surface area contributed by atoms with Crippen LogP contribution < -0.4 is 5.32 Å². The molecule has 0 spiro atoms. The average molecular weight is 315 g/mol. The number of carbonyl (C=O) groups excluding carboxylic acids is 1. The molecule has 0 aliphatic heterocycles. The van der Waals surface area contributed by atoms with Gasteiger partial charge in [0, 0.05) is 11.3 Å². The molecule has 0 radical (unpaired) electrons. The summed E-state index contributed by atoms with van der Waals surface area (Å²) >= 11 is 0. The van der Waals surface area contributed by atoms with Gasteiger partial charge < -0.3 is 0 Å². The predicted molar refractivity (Wildman–Crippen MR) is 66.7 cm³/mol. The first-order chi connectivity index (χ1) is 10.3. The number of tetrazole rings is 1. The van der Waals surface area contributed by atoms with Crippen LogP contribution in [-0.2, 0) is 37.4 Å². The number of nitrogens with one attached hydrogen (secondary N) is 1. The number of fused-ring (bicyclic) bond motifs is 1. The number of alkyl halides is 3. The largest absolute Gasteiger partial charge is 0.435 e. The number of aryl methyl sites for hydroxylation is 1. The van der Waals surface area contributed by atoms with Crippen molar-refractivity contribution in [3.05, 3.63) is 17.0 Å². The molecule has 1 aliphatic carbocycles. The number of nitrogens with zero attached hydrogens (tertiary/aromatic N) is 6. The van der Waals surface area contributed by atoms with Gasteiger partial charge in [-0.3, -0.25) is 14.8 Å². The van der Waals surface area contributed by atoms with E-state index >= 15 is 0 Å². The van der Waals surface area contributed by atoms with Gasteiger partial charge in [-0.25, -0.2) is 0 Å². The molecule has 8 nitrogen and oxygen atoms in total. The van der Waals surface area contributed by atoms with E-state index in [0.29, 0.717) is 25.0 Å². The van der Waals surface area contributed by atoms with Crippen LogP contribution in [0.25, 0.3) is 0 Å². The Bertz CT molecular complexity index is 718. The lowest BCUT2D eigenvalue weighted by Crippen LogP contribution is -2.22. The molecule has 0 atom stereocenters. The summed E-state index contributed by atoms with van der Waals surface area (Å²) in [6.07, 6.45) is -3.07. The quantitative estimate of drug-likeness (QED) is 0.893. The number of carbonyl (C=O) groups is 1. The van der Waals surface area contributed by atoms with E-state index in [0.717, 1.165) is 9.48 Å². The van der Waals surface area contributed by atoms with Gasteiger partial charge in [-0.15, -0.1) is 5.10 Å². The maximum atomic E-state index is 12.9. The van der Waals surface area contributed by atoms with Crippen molar-refractivity contribution in [3.8, 4) is 0 Å². The smallest absolute Gasteiger partial charge is 0.290 e. The maximum Gasteiger partial charge on any atom is 0.435 e. The molecule has 118 valence electrons. The highest BCUT2D eigenvalue weighted by Crippen LogP contribution is 2.36. The Morgan fingerprint density at radius 2 is 2.09 bits per heavy atom. The summed E-state index contributed by atoms with van der Waals surface area (Å²) in [4.78, 5) is 13.0. The lowest BCUT2D eigenvalue weighted by molar-refractivity contribution is -0.142. The minimum Gasteiger partial charge on any atom is -0.290 e. The van der Waals surface area contributed by atoms with Crippen molar-refractivity contribution < 1.29 is 18.0 Å². The van der Waals surface area contributed by atoms with Gasteiger partial charge in [0.2, 0.25) is 5.91 Å². The van der Waals surface area contributed by atoms with Crippen molar-refractivity contribution >= 4 is 11.9 Å². The lowest BCUT2D eigenvalue weighted by atomic mass is 10.2. The van der Waals surface area contributed by atoms with Crippen LogP contribution >= 0.6 is 0 Å². The molecule has 2 heterocycles. The fraction of sp³-hybridized carbons (Fsp3) is 0.545. The van der Waals surface area contributed by atoms with Gasteiger partial charge in [0.05, 0.1) is 7.05 Å². The molecule has 11 heteroatoms. The van der Waals surface area contributed by atoms with Crippen LogP contribution in [0.15, 0.2) is 0 Å². The second-order valence-electron chi connectivity index (χ2n) is 4.93. The molecule has 1 amide bonds. The van der Waals surface area contributed by atoms with Crippen molar-refractivity contribution in [2.75, 3.05) is 5.32 Å². The summed E-state index contributed by atoms with van der Waals surface area (Å²) in [7, 11) is 1.53. The summed E-state index contributed by atoms with van der Waals surface area (Å²) in [5.41, 5.74) is -0.238. The molecule has 1 N–H and O–H groups in total. The van der Waals surface area contributed by atoms with Crippen LogP contribution in [0.1, 0.15) is 23.4 Å². The SMILES string of the molecule is Cn1nnc(NC(=O)Cn2nc(C(F)(F)F)c3c2CCC3)n1. The highest BCUT2D eigenvalue weighted by atomic mass is 19.4. The van der Waals surface area contributed by atoms with E-state index in [4.69, 9.17) is 0 Å². The van der Waals surface area contributed by atoms with E-state index in [1.165, 1.54) is 7.05 Å². The van der Waals surface area contributed by atoms with Crippen molar-refractivity contribution in [1.82, 2.24) is 30.0 Å². The number of aromatic nitrogens is 6. The van der Waals surface area contributed by atoms with Crippen LogP contribution in [0.2, 0.25) is 0 Å². The topological polar surface area (TPSA) is 90.5 Å². The zero-order valence-corrected chi connectivity index (χ0v) is 11.6. The van der Waals surface area contributed by atoms with E-state index in [1.54, 1.807) is 0 Å². The third-order valence-electron chi connectivity index (χ3n) is 3.33. The molecule has 0 unspecified atom stereocenters. The van der Waals surface area contributed by atoms with Crippen LogP contribution in [0, 0.1) is 0 Å². The zero-order valence-electron chi connectivity index (χ0n) is 11.6. The van der Waals surface area contributed by atoms with E-state index in [1.807, 2.05) is 0 Å². The molecule has 0 aromatic carbocycles. The summed E-state index contributed by atoms with van der Waals surface area (Å²) in [6.45, 7) is -0.323. The van der Waals surface area contributed by atoms with E-state index in [-0.39, 0.29) is 18.1 Å². The third kappa shape index (κ3) is 2.65. The van der Waals surface area contributed by atoms with Gasteiger partial charge in [-0.2, -0.15) is 23.1 Å². The fourth-order valence-electron chi connectivity index (χ4n) is 2.50. The first kappa shape index (κ1) is 14.5. The second-order valence-corrected chi connectivity index (χ2v) is 4.93. The molecule has 0 fully saturated rings. The number of hydrogen-bond acceptors (Lipinski definition) is 5. The molecule has 2 aromatic heterocycles. The molecule has 0 saturated heterocycles. The summed E-state index contributed by atoms with van der Waals surface area (Å²) < 4.78 is 39.9. The number of hydrogen-bond donors (Lipinski definition) is 1. The van der Waals surface area contributed by atoms with E-state index < -0.39 is 17.8 Å². The van der Waals surface area contributed by atoms with Crippen molar-refractivity contribution in [2.45, 2.75) is 32.0 Å². The van der Waals surface area contributed by atoms with E-state index in [2.05, 4.69) is 25.8 Å². The number of amides is 1. The summed E-state index contributed by atoms with van der Waals surface area (Å²) in [5, 5.41) is 16.8. The molecule has 1 aliphatic rings. The molecular formula is C11H12F3N7O. The Morgan fingerprint density at radius 1 is 1.32 bits per heavy atom. The summed E-state index contributed by atoms with van der Waals surface area (Å²) in [6, 6.07) is 0. The highest BCUT2D eigenvalue weighted by Gasteiger charge is 2.40. The molecule has 22 heavy (non-hydrogen) atoms. The third-order valence-corrected chi connectivity index (χ3v) is 3.33. The Labute approximate surface area is 122 Å². The highest BCUT2D eigenvalue weighted by molar-refractivity contribution is 5.88. The minimum atomic E-state index is -4.51. The molecule has 3 rings (SSSR count). The molecule has 0 saturated carbocycles. The minimum absolute atomic E-state index is 0.00709. The number of rotatable bonds is 3. The van der Waals surface area contributed by atoms with Gasteiger partial charge in [-0.05, 0) is 24.5 Å². The van der Waals surface area contributed by atoms with Gasteiger partial charge in [0.1, 0.15) is 6.54 Å². The number of anilines is 1. The number of halogens is 3. The standard InChI is InChI=1S/C11H12F3N7O/c1-20-18-10(16-19-20)15-8(22)5-21-7-4-2-3-6(7)9(17-21)11(12,13)14/h2-5H2,1H3,(H,15,18,22). The first-order valence-corrected chi connectivity index (χ1v) is 6.54. The van der Waals surface area contributed by atoms with Crippen LogP contribution in [0.4, 0.5) is 19.1 Å². The Balaban J connectivity index is 1.79. The predicted octanol–water partition coefficient (Wildman–Crippen LogP) is 0.553. The molecule has 2 aromatic rings. The molecular weight excluding hydrogens is 303 g/mol.